The number of methoxy groups -OCH3 is 2. The predicted molar refractivity (Wildman–Crippen MR) is 150 cm³/mol. The number of hydrogen-bond donors (Lipinski definition) is 2. The minimum absolute atomic E-state index is 0.127. The first kappa shape index (κ1) is 27.8. The number of benzene rings is 3. The average Bonchev–Trinajstić information content (AvgIpc) is 3.53. The Morgan fingerprint density at radius 2 is 1.51 bits per heavy atom. The van der Waals surface area contributed by atoms with Crippen LogP contribution in [0, 0.1) is 35.8 Å². The molecule has 1 saturated carbocycles. The molecule has 41 heavy (non-hydrogen) atoms. The van der Waals surface area contributed by atoms with Crippen molar-refractivity contribution in [2.24, 2.45) is 17.3 Å². The van der Waals surface area contributed by atoms with Gasteiger partial charge in [-0.15, -0.1) is 0 Å². The lowest BCUT2D eigenvalue weighted by atomic mass is 10.1. The highest BCUT2D eigenvalue weighted by Crippen LogP contribution is 2.59. The zero-order valence-electron chi connectivity index (χ0n) is 23.2. The Morgan fingerprint density at radius 1 is 0.829 bits per heavy atom. The average molecular weight is 562 g/mol. The van der Waals surface area contributed by atoms with Crippen LogP contribution in [0.15, 0.2) is 60.8 Å². The van der Waals surface area contributed by atoms with E-state index in [-0.39, 0.29) is 11.6 Å². The summed E-state index contributed by atoms with van der Waals surface area (Å²) in [6, 6.07) is 13.7. The molecule has 212 valence electrons. The number of carbonyl (C=O) groups is 2. The fourth-order valence-corrected chi connectivity index (χ4v) is 5.12. The van der Waals surface area contributed by atoms with Crippen LogP contribution in [0.25, 0.3) is 10.9 Å². The Kier molecular flexibility index (Phi) is 7.25. The summed E-state index contributed by atoms with van der Waals surface area (Å²) in [6.07, 6.45) is 1.64. The summed E-state index contributed by atoms with van der Waals surface area (Å²) >= 11 is 0. The van der Waals surface area contributed by atoms with Gasteiger partial charge in [0.1, 0.15) is 11.5 Å². The van der Waals surface area contributed by atoms with E-state index in [1.54, 1.807) is 56.8 Å². The molecule has 1 aliphatic carbocycles. The van der Waals surface area contributed by atoms with Gasteiger partial charge < -0.3 is 24.8 Å². The molecule has 8 nitrogen and oxygen atoms in total. The second-order valence-electron chi connectivity index (χ2n) is 10.5. The molecule has 0 bridgehead atoms. The lowest BCUT2D eigenvalue weighted by Gasteiger charge is -2.14. The van der Waals surface area contributed by atoms with E-state index in [0.29, 0.717) is 34.2 Å². The highest BCUT2D eigenvalue weighted by molar-refractivity contribution is 6.05. The monoisotopic (exact) mass is 561 g/mol. The molecule has 0 aliphatic heterocycles. The molecule has 1 aromatic heterocycles. The number of anilines is 2. The summed E-state index contributed by atoms with van der Waals surface area (Å²) in [5.74, 6) is -1.80. The zero-order chi connectivity index (χ0) is 29.5. The number of aryl methyl sites for hydroxylation is 1. The number of amides is 2. The molecule has 2 atom stereocenters. The topological polar surface area (TPSA) is 98.8 Å². The van der Waals surface area contributed by atoms with Crippen molar-refractivity contribution >= 4 is 34.1 Å². The molecule has 1 aliphatic rings. The Hall–Kier alpha value is -4.73. The fraction of sp³-hybridized carbons (Fsp3) is 0.258. The van der Waals surface area contributed by atoms with Crippen LogP contribution in [-0.4, -0.2) is 31.0 Å². The zero-order valence-corrected chi connectivity index (χ0v) is 23.2. The van der Waals surface area contributed by atoms with Gasteiger partial charge >= 0.3 is 0 Å². The Labute approximate surface area is 235 Å². The third-order valence-corrected chi connectivity index (χ3v) is 7.47. The van der Waals surface area contributed by atoms with Crippen molar-refractivity contribution in [2.45, 2.75) is 20.8 Å². The maximum Gasteiger partial charge on any atom is 0.228 e. The highest BCUT2D eigenvalue weighted by Gasteiger charge is 2.65. The van der Waals surface area contributed by atoms with Gasteiger partial charge in [0.25, 0.3) is 0 Å². The van der Waals surface area contributed by atoms with Crippen LogP contribution in [0.1, 0.15) is 19.4 Å². The molecule has 1 fully saturated rings. The van der Waals surface area contributed by atoms with E-state index in [1.165, 1.54) is 6.07 Å². The maximum atomic E-state index is 13.6. The van der Waals surface area contributed by atoms with Crippen LogP contribution in [0.5, 0.6) is 23.0 Å². The second-order valence-corrected chi connectivity index (χ2v) is 10.5. The first-order valence-electron chi connectivity index (χ1n) is 12.9. The molecule has 2 amide bonds. The van der Waals surface area contributed by atoms with E-state index in [1.807, 2.05) is 20.8 Å². The number of carbonyl (C=O) groups excluding carboxylic acids is 2. The van der Waals surface area contributed by atoms with Gasteiger partial charge in [0.05, 0.1) is 31.6 Å². The number of hydrogen-bond acceptors (Lipinski definition) is 6. The van der Waals surface area contributed by atoms with Crippen LogP contribution < -0.4 is 24.8 Å². The van der Waals surface area contributed by atoms with Crippen molar-refractivity contribution in [3.63, 3.8) is 0 Å². The van der Waals surface area contributed by atoms with Gasteiger partial charge in [-0.2, -0.15) is 0 Å². The second kappa shape index (κ2) is 10.7. The smallest absolute Gasteiger partial charge is 0.228 e. The summed E-state index contributed by atoms with van der Waals surface area (Å²) in [5.41, 5.74) is 1.53. The van der Waals surface area contributed by atoms with Crippen molar-refractivity contribution in [1.29, 1.82) is 0 Å². The molecule has 0 radical (unpaired) electrons. The molecule has 10 heteroatoms. The van der Waals surface area contributed by atoms with Crippen molar-refractivity contribution in [2.75, 3.05) is 24.9 Å². The lowest BCUT2D eigenvalue weighted by Crippen LogP contribution is -2.21. The summed E-state index contributed by atoms with van der Waals surface area (Å²) in [5, 5.41) is 6.24. The molecular weight excluding hydrogens is 532 g/mol. The first-order valence-corrected chi connectivity index (χ1v) is 12.9. The van der Waals surface area contributed by atoms with Gasteiger partial charge in [-0.1, -0.05) is 13.8 Å². The summed E-state index contributed by atoms with van der Waals surface area (Å²) in [4.78, 5) is 30.4. The normalized spacial score (nSPS) is 17.0. The SMILES string of the molecule is COc1cc2nccc(Oc3ccc(NC(=O)[C@H]4[C@@H](C(=O)Nc5ccc(F)c(F)c5)C4(C)C)c(C)c3)c2cc1OC. The molecule has 1 heterocycles. The van der Waals surface area contributed by atoms with E-state index in [2.05, 4.69) is 15.6 Å². The molecular formula is C31H29F2N3O5. The van der Waals surface area contributed by atoms with Gasteiger partial charge in [0, 0.05) is 35.1 Å². The number of nitrogens with zero attached hydrogens (tertiary/aromatic N) is 1. The summed E-state index contributed by atoms with van der Waals surface area (Å²) in [7, 11) is 3.11. The van der Waals surface area contributed by atoms with Crippen molar-refractivity contribution < 1.29 is 32.6 Å². The Morgan fingerprint density at radius 3 is 2.17 bits per heavy atom. The van der Waals surface area contributed by atoms with Gasteiger partial charge in [-0.25, -0.2) is 8.78 Å². The standard InChI is InChI=1S/C31H29F2N3O5/c1-16-12-18(41-24-10-11-34-23-15-26(40-5)25(39-4)14-19(23)24)7-9-22(16)36-30(38)28-27(31(28,2)3)29(37)35-17-6-8-20(32)21(33)13-17/h6-15,27-28H,1-5H3,(H,35,37)(H,36,38)/t27-,28+/m0/s1. The van der Waals surface area contributed by atoms with E-state index < -0.39 is 34.8 Å². The number of pyridine rings is 1. The van der Waals surface area contributed by atoms with E-state index in [4.69, 9.17) is 14.2 Å². The Balaban J connectivity index is 1.28. The van der Waals surface area contributed by atoms with Crippen LogP contribution in [-0.2, 0) is 9.59 Å². The molecule has 0 unspecified atom stereocenters. The fourth-order valence-electron chi connectivity index (χ4n) is 5.12. The first-order chi connectivity index (χ1) is 19.5. The van der Waals surface area contributed by atoms with Crippen molar-refractivity contribution in [3.8, 4) is 23.0 Å². The number of ether oxygens (including phenoxy) is 3. The largest absolute Gasteiger partial charge is 0.493 e. The van der Waals surface area contributed by atoms with Gasteiger partial charge in [0.15, 0.2) is 23.1 Å². The number of rotatable bonds is 8. The molecule has 3 aromatic carbocycles. The number of nitrogens with one attached hydrogen (secondary N) is 2. The van der Waals surface area contributed by atoms with Gasteiger partial charge in [0.2, 0.25) is 11.8 Å². The van der Waals surface area contributed by atoms with Gasteiger partial charge in [-0.3, -0.25) is 14.6 Å². The molecule has 0 saturated heterocycles. The summed E-state index contributed by atoms with van der Waals surface area (Å²) in [6.45, 7) is 5.48. The third kappa shape index (κ3) is 5.37. The summed E-state index contributed by atoms with van der Waals surface area (Å²) < 4.78 is 43.7. The quantitative estimate of drug-likeness (QED) is 0.256. The number of aromatic nitrogens is 1. The molecule has 4 aromatic rings. The minimum atomic E-state index is -1.06. The van der Waals surface area contributed by atoms with Crippen molar-refractivity contribution in [1.82, 2.24) is 4.98 Å². The van der Waals surface area contributed by atoms with Gasteiger partial charge in [-0.05, 0) is 60.4 Å². The Bertz CT molecular complexity index is 1670. The third-order valence-electron chi connectivity index (χ3n) is 7.47. The van der Waals surface area contributed by atoms with E-state index in [9.17, 15) is 18.4 Å². The van der Waals surface area contributed by atoms with Crippen molar-refractivity contribution in [3.05, 3.63) is 78.0 Å². The van der Waals surface area contributed by atoms with Crippen LogP contribution >= 0.6 is 0 Å². The maximum absolute atomic E-state index is 13.6. The van der Waals surface area contributed by atoms with Crippen LogP contribution in [0.2, 0.25) is 0 Å². The number of halogens is 2. The lowest BCUT2D eigenvalue weighted by molar-refractivity contribution is -0.122. The number of fused-ring (bicyclic) bond motifs is 1. The van der Waals surface area contributed by atoms with Crippen LogP contribution in [0.4, 0.5) is 20.2 Å². The minimum Gasteiger partial charge on any atom is -0.493 e. The predicted octanol–water partition coefficient (Wildman–Crippen LogP) is 6.48. The highest BCUT2D eigenvalue weighted by atomic mass is 19.2. The van der Waals surface area contributed by atoms with E-state index in [0.717, 1.165) is 23.1 Å². The van der Waals surface area contributed by atoms with E-state index >= 15 is 0 Å². The van der Waals surface area contributed by atoms with Crippen LogP contribution in [0.3, 0.4) is 0 Å². The molecule has 0 spiro atoms. The molecule has 2 N–H and O–H groups in total. The molecule has 5 rings (SSSR count).